The Hall–Kier alpha value is -1.91. The molecule has 0 aromatic heterocycles. The summed E-state index contributed by atoms with van der Waals surface area (Å²) in [5, 5.41) is 0. The van der Waals surface area contributed by atoms with Gasteiger partial charge in [-0.25, -0.2) is 4.39 Å². The molecule has 1 aromatic carbocycles. The predicted octanol–water partition coefficient (Wildman–Crippen LogP) is 2.17. The zero-order valence-corrected chi connectivity index (χ0v) is 11.9. The van der Waals surface area contributed by atoms with E-state index in [1.807, 2.05) is 6.92 Å². The standard InChI is InChI=1S/C15H20FNO3/c1-3-17(11-10-15(19)20-2)14(18)9-6-12-4-7-13(16)8-5-12/h4-5,7-8H,3,6,9-11H2,1-2H3. The normalized spacial score (nSPS) is 10.2. The number of nitrogens with zero attached hydrogens (tertiary/aromatic N) is 1. The van der Waals surface area contributed by atoms with E-state index in [0.29, 0.717) is 25.9 Å². The van der Waals surface area contributed by atoms with Crippen LogP contribution in [-0.2, 0) is 20.7 Å². The summed E-state index contributed by atoms with van der Waals surface area (Å²) in [5.74, 6) is -0.621. The van der Waals surface area contributed by atoms with Crippen LogP contribution in [-0.4, -0.2) is 37.0 Å². The highest BCUT2D eigenvalue weighted by Gasteiger charge is 2.13. The third-order valence-corrected chi connectivity index (χ3v) is 3.09. The molecule has 1 aromatic rings. The number of ether oxygens (including phenoxy) is 1. The second-order valence-corrected chi connectivity index (χ2v) is 4.43. The number of carbonyl (C=O) groups excluding carboxylic acids is 2. The van der Waals surface area contributed by atoms with Gasteiger partial charge in [0.15, 0.2) is 0 Å². The average Bonchev–Trinajstić information content (AvgIpc) is 2.47. The minimum Gasteiger partial charge on any atom is -0.469 e. The number of methoxy groups -OCH3 is 1. The molecular formula is C15H20FNO3. The van der Waals surface area contributed by atoms with Crippen LogP contribution in [0.15, 0.2) is 24.3 Å². The topological polar surface area (TPSA) is 46.6 Å². The lowest BCUT2D eigenvalue weighted by Gasteiger charge is -2.20. The summed E-state index contributed by atoms with van der Waals surface area (Å²) in [7, 11) is 1.33. The molecular weight excluding hydrogens is 261 g/mol. The number of rotatable bonds is 7. The Morgan fingerprint density at radius 2 is 1.85 bits per heavy atom. The summed E-state index contributed by atoms with van der Waals surface area (Å²) < 4.78 is 17.3. The Morgan fingerprint density at radius 3 is 2.40 bits per heavy atom. The van der Waals surface area contributed by atoms with Crippen molar-refractivity contribution in [1.29, 1.82) is 0 Å². The zero-order chi connectivity index (χ0) is 15.0. The number of benzene rings is 1. The summed E-state index contributed by atoms with van der Waals surface area (Å²) in [4.78, 5) is 24.7. The van der Waals surface area contributed by atoms with Crippen molar-refractivity contribution in [3.05, 3.63) is 35.6 Å². The molecule has 0 aliphatic heterocycles. The van der Waals surface area contributed by atoms with Crippen molar-refractivity contribution in [2.75, 3.05) is 20.2 Å². The molecule has 0 aliphatic carbocycles. The van der Waals surface area contributed by atoms with Gasteiger partial charge in [0.05, 0.1) is 13.5 Å². The Morgan fingerprint density at radius 1 is 1.20 bits per heavy atom. The minimum absolute atomic E-state index is 0.0132. The summed E-state index contributed by atoms with van der Waals surface area (Å²) in [6, 6.07) is 6.12. The van der Waals surface area contributed by atoms with Gasteiger partial charge in [-0.15, -0.1) is 0 Å². The second kappa shape index (κ2) is 8.30. The lowest BCUT2D eigenvalue weighted by atomic mass is 10.1. The Kier molecular flexibility index (Phi) is 6.70. The van der Waals surface area contributed by atoms with E-state index >= 15 is 0 Å². The van der Waals surface area contributed by atoms with E-state index in [0.717, 1.165) is 5.56 Å². The third kappa shape index (κ3) is 5.38. The van der Waals surface area contributed by atoms with Gasteiger partial charge in [0.25, 0.3) is 0 Å². The van der Waals surface area contributed by atoms with Crippen LogP contribution in [0.5, 0.6) is 0 Å². The first-order valence-corrected chi connectivity index (χ1v) is 6.65. The minimum atomic E-state index is -0.324. The number of carbonyl (C=O) groups is 2. The molecule has 4 nitrogen and oxygen atoms in total. The molecule has 1 rings (SSSR count). The highest BCUT2D eigenvalue weighted by molar-refractivity contribution is 5.77. The largest absolute Gasteiger partial charge is 0.469 e. The number of halogens is 1. The molecule has 110 valence electrons. The van der Waals surface area contributed by atoms with Crippen LogP contribution >= 0.6 is 0 Å². The molecule has 0 heterocycles. The number of aryl methyl sites for hydroxylation is 1. The molecule has 0 unspecified atom stereocenters. The van der Waals surface area contributed by atoms with Gasteiger partial charge in [0.2, 0.25) is 5.91 Å². The molecule has 0 saturated carbocycles. The van der Waals surface area contributed by atoms with Gasteiger partial charge in [0, 0.05) is 19.5 Å². The lowest BCUT2D eigenvalue weighted by Crippen LogP contribution is -2.33. The summed E-state index contributed by atoms with van der Waals surface area (Å²) >= 11 is 0. The van der Waals surface area contributed by atoms with E-state index in [2.05, 4.69) is 4.74 Å². The van der Waals surface area contributed by atoms with E-state index in [9.17, 15) is 14.0 Å². The van der Waals surface area contributed by atoms with Crippen molar-refractivity contribution >= 4 is 11.9 Å². The third-order valence-electron chi connectivity index (χ3n) is 3.09. The molecule has 0 radical (unpaired) electrons. The van der Waals surface area contributed by atoms with Gasteiger partial charge in [0.1, 0.15) is 5.82 Å². The van der Waals surface area contributed by atoms with Crippen LogP contribution in [0.1, 0.15) is 25.3 Å². The van der Waals surface area contributed by atoms with E-state index in [1.165, 1.54) is 19.2 Å². The average molecular weight is 281 g/mol. The Bertz CT molecular complexity index is 445. The second-order valence-electron chi connectivity index (χ2n) is 4.43. The summed E-state index contributed by atoms with van der Waals surface area (Å²) in [5.41, 5.74) is 0.920. The van der Waals surface area contributed by atoms with E-state index in [1.54, 1.807) is 17.0 Å². The van der Waals surface area contributed by atoms with Crippen LogP contribution in [0.3, 0.4) is 0 Å². The van der Waals surface area contributed by atoms with Gasteiger partial charge < -0.3 is 9.64 Å². The van der Waals surface area contributed by atoms with Crippen molar-refractivity contribution in [1.82, 2.24) is 4.90 Å². The first-order valence-electron chi connectivity index (χ1n) is 6.65. The number of amides is 1. The van der Waals surface area contributed by atoms with Gasteiger partial charge in [-0.3, -0.25) is 9.59 Å². The Balaban J connectivity index is 2.42. The van der Waals surface area contributed by atoms with Crippen molar-refractivity contribution in [3.8, 4) is 0 Å². The molecule has 0 N–H and O–H groups in total. The summed E-state index contributed by atoms with van der Waals surface area (Å²) in [6.07, 6.45) is 1.11. The molecule has 0 fully saturated rings. The monoisotopic (exact) mass is 281 g/mol. The quantitative estimate of drug-likeness (QED) is 0.720. The number of esters is 1. The smallest absolute Gasteiger partial charge is 0.307 e. The molecule has 0 saturated heterocycles. The predicted molar refractivity (Wildman–Crippen MR) is 73.6 cm³/mol. The van der Waals surface area contributed by atoms with Crippen molar-refractivity contribution in [3.63, 3.8) is 0 Å². The fourth-order valence-electron chi connectivity index (χ4n) is 1.85. The van der Waals surface area contributed by atoms with Crippen LogP contribution in [0.25, 0.3) is 0 Å². The highest BCUT2D eigenvalue weighted by atomic mass is 19.1. The van der Waals surface area contributed by atoms with Crippen molar-refractivity contribution < 1.29 is 18.7 Å². The number of hydrogen-bond acceptors (Lipinski definition) is 3. The van der Waals surface area contributed by atoms with Crippen LogP contribution < -0.4 is 0 Å². The van der Waals surface area contributed by atoms with Crippen molar-refractivity contribution in [2.24, 2.45) is 0 Å². The lowest BCUT2D eigenvalue weighted by molar-refractivity contribution is -0.141. The van der Waals surface area contributed by atoms with E-state index in [4.69, 9.17) is 0 Å². The van der Waals surface area contributed by atoms with Crippen LogP contribution in [0, 0.1) is 5.82 Å². The maximum absolute atomic E-state index is 12.8. The van der Waals surface area contributed by atoms with E-state index < -0.39 is 0 Å². The molecule has 20 heavy (non-hydrogen) atoms. The highest BCUT2D eigenvalue weighted by Crippen LogP contribution is 2.07. The van der Waals surface area contributed by atoms with Gasteiger partial charge in [-0.1, -0.05) is 12.1 Å². The maximum atomic E-state index is 12.8. The van der Waals surface area contributed by atoms with Crippen LogP contribution in [0.4, 0.5) is 4.39 Å². The first kappa shape index (κ1) is 16.1. The molecule has 5 heteroatoms. The van der Waals surface area contributed by atoms with Gasteiger partial charge in [-0.2, -0.15) is 0 Å². The Labute approximate surface area is 118 Å². The molecule has 0 bridgehead atoms. The molecule has 0 spiro atoms. The molecule has 0 atom stereocenters. The van der Waals surface area contributed by atoms with E-state index in [-0.39, 0.29) is 24.1 Å². The molecule has 0 aliphatic rings. The van der Waals surface area contributed by atoms with Gasteiger partial charge in [-0.05, 0) is 31.0 Å². The number of hydrogen-bond donors (Lipinski definition) is 0. The summed E-state index contributed by atoms with van der Waals surface area (Å²) in [6.45, 7) is 2.79. The zero-order valence-electron chi connectivity index (χ0n) is 11.9. The van der Waals surface area contributed by atoms with Crippen LogP contribution in [0.2, 0.25) is 0 Å². The fraction of sp³-hybridized carbons (Fsp3) is 0.467. The fourth-order valence-corrected chi connectivity index (χ4v) is 1.85. The first-order chi connectivity index (χ1) is 9.56. The molecule has 1 amide bonds. The van der Waals surface area contributed by atoms with Crippen molar-refractivity contribution in [2.45, 2.75) is 26.2 Å². The van der Waals surface area contributed by atoms with Gasteiger partial charge >= 0.3 is 5.97 Å². The SMILES string of the molecule is CCN(CCC(=O)OC)C(=O)CCc1ccc(F)cc1. The maximum Gasteiger partial charge on any atom is 0.307 e.